The van der Waals surface area contributed by atoms with Gasteiger partial charge in [-0.2, -0.15) is 0 Å². The normalized spacial score (nSPS) is 10.1. The molecule has 9 nitrogen and oxygen atoms in total. The highest BCUT2D eigenvalue weighted by molar-refractivity contribution is 7.98. The molecule has 0 spiro atoms. The van der Waals surface area contributed by atoms with Crippen molar-refractivity contribution in [3.05, 3.63) is 51.3 Å². The average molecular weight is 518 g/mol. The first-order valence-electron chi connectivity index (χ1n) is 9.78. The molecule has 1 aromatic carbocycles. The summed E-state index contributed by atoms with van der Waals surface area (Å²) < 4.78 is 16.2. The van der Waals surface area contributed by atoms with E-state index in [0.29, 0.717) is 52.5 Å². The summed E-state index contributed by atoms with van der Waals surface area (Å²) in [5, 5.41) is 3.75. The number of methoxy groups -OCH3 is 3. The third-order valence-corrected chi connectivity index (χ3v) is 5.61. The summed E-state index contributed by atoms with van der Waals surface area (Å²) in [6, 6.07) is 3.67. The largest absolute Gasteiger partial charge is 0.493 e. The van der Waals surface area contributed by atoms with Gasteiger partial charge in [0.05, 0.1) is 38.9 Å². The van der Waals surface area contributed by atoms with Crippen molar-refractivity contribution in [2.75, 3.05) is 33.2 Å². The summed E-state index contributed by atoms with van der Waals surface area (Å²) >= 11 is 1.43. The summed E-state index contributed by atoms with van der Waals surface area (Å²) in [5.41, 5.74) is 3.12. The van der Waals surface area contributed by atoms with Crippen LogP contribution in [0.5, 0.6) is 17.2 Å². The van der Waals surface area contributed by atoms with Crippen molar-refractivity contribution in [1.29, 1.82) is 0 Å². The van der Waals surface area contributed by atoms with Crippen LogP contribution >= 0.6 is 36.6 Å². The molecule has 2 aromatic heterocycles. The molecule has 0 bridgehead atoms. The number of thioether (sulfide) groups is 1. The standard InChI is InChI=1S/C21H27N5O4S.2ClH/c1-6-22-19-14(7-13-8-16(28-3)18(30-5)17(9-13)29-4)20(27)26-21(25-19)31-10-15-12(2)23-11-24-15;;/h8-9,11H,6-7,10H2,1-5H3,(H,23,24)(H2,22,25,26,27);2*1H. The number of aromatic nitrogens is 4. The molecule has 0 atom stereocenters. The van der Waals surface area contributed by atoms with Crippen molar-refractivity contribution in [1.82, 2.24) is 19.9 Å². The molecule has 182 valence electrons. The van der Waals surface area contributed by atoms with Crippen LogP contribution < -0.4 is 25.1 Å². The number of nitrogens with zero attached hydrogens (tertiary/aromatic N) is 2. The summed E-state index contributed by atoms with van der Waals surface area (Å²) in [6.07, 6.45) is 2.01. The minimum Gasteiger partial charge on any atom is -0.493 e. The van der Waals surface area contributed by atoms with Crippen LogP contribution in [0.15, 0.2) is 28.4 Å². The van der Waals surface area contributed by atoms with Gasteiger partial charge in [-0.1, -0.05) is 11.8 Å². The lowest BCUT2D eigenvalue weighted by Gasteiger charge is -2.15. The van der Waals surface area contributed by atoms with E-state index in [2.05, 4.69) is 25.3 Å². The predicted octanol–water partition coefficient (Wildman–Crippen LogP) is 3.99. The minimum atomic E-state index is -0.194. The predicted molar refractivity (Wildman–Crippen MR) is 135 cm³/mol. The summed E-state index contributed by atoms with van der Waals surface area (Å²) in [4.78, 5) is 27.8. The molecule has 0 aliphatic heterocycles. The first-order valence-corrected chi connectivity index (χ1v) is 10.8. The zero-order valence-electron chi connectivity index (χ0n) is 19.1. The highest BCUT2D eigenvalue weighted by atomic mass is 35.5. The van der Waals surface area contributed by atoms with Gasteiger partial charge in [-0.05, 0) is 31.5 Å². The molecule has 0 amide bonds. The van der Waals surface area contributed by atoms with E-state index in [1.54, 1.807) is 27.7 Å². The molecule has 3 N–H and O–H groups in total. The van der Waals surface area contributed by atoms with Gasteiger partial charge in [0.25, 0.3) is 5.56 Å². The fourth-order valence-corrected chi connectivity index (χ4v) is 4.02. The Labute approximate surface area is 209 Å². The fourth-order valence-electron chi connectivity index (χ4n) is 3.13. The van der Waals surface area contributed by atoms with Crippen LogP contribution in [-0.4, -0.2) is 47.8 Å². The molecule has 3 rings (SSSR count). The molecule has 0 aliphatic carbocycles. The lowest BCUT2D eigenvalue weighted by molar-refractivity contribution is 0.324. The van der Waals surface area contributed by atoms with Crippen molar-refractivity contribution < 1.29 is 14.2 Å². The van der Waals surface area contributed by atoms with Crippen LogP contribution in [0.4, 0.5) is 5.82 Å². The molecule has 0 aliphatic rings. The second kappa shape index (κ2) is 13.2. The van der Waals surface area contributed by atoms with Crippen LogP contribution in [0.25, 0.3) is 0 Å². The Balaban J connectivity index is 0.00000272. The number of hydrogen-bond donors (Lipinski definition) is 3. The van der Waals surface area contributed by atoms with Crippen molar-refractivity contribution in [2.24, 2.45) is 0 Å². The van der Waals surface area contributed by atoms with Crippen LogP contribution in [-0.2, 0) is 12.2 Å². The molecular formula is C21H29Cl2N5O4S. The van der Waals surface area contributed by atoms with Crippen LogP contribution in [0.3, 0.4) is 0 Å². The molecule has 12 heteroatoms. The topological polar surface area (TPSA) is 114 Å². The van der Waals surface area contributed by atoms with Crippen LogP contribution in [0.1, 0.15) is 29.4 Å². The monoisotopic (exact) mass is 517 g/mol. The molecule has 33 heavy (non-hydrogen) atoms. The van der Waals surface area contributed by atoms with Gasteiger partial charge in [0.2, 0.25) is 5.75 Å². The third kappa shape index (κ3) is 6.72. The third-order valence-electron chi connectivity index (χ3n) is 4.72. The number of anilines is 1. The summed E-state index contributed by atoms with van der Waals surface area (Å²) in [5.74, 6) is 2.74. The fraction of sp³-hybridized carbons (Fsp3) is 0.381. The zero-order valence-corrected chi connectivity index (χ0v) is 21.6. The SMILES string of the molecule is CCNc1nc(SCc2nc[nH]c2C)[nH]c(=O)c1Cc1cc(OC)c(OC)c(OC)c1.Cl.Cl. The lowest BCUT2D eigenvalue weighted by atomic mass is 10.1. The number of nitrogens with one attached hydrogen (secondary N) is 3. The highest BCUT2D eigenvalue weighted by Crippen LogP contribution is 2.38. The Morgan fingerprint density at radius 3 is 2.27 bits per heavy atom. The lowest BCUT2D eigenvalue weighted by Crippen LogP contribution is -2.19. The maximum atomic E-state index is 12.9. The van der Waals surface area contributed by atoms with E-state index in [1.165, 1.54) is 11.8 Å². The maximum absolute atomic E-state index is 12.9. The Bertz CT molecular complexity index is 1080. The smallest absolute Gasteiger partial charge is 0.257 e. The Hall–Kier alpha value is -2.56. The highest BCUT2D eigenvalue weighted by Gasteiger charge is 2.17. The number of H-pyrrole nitrogens is 2. The average Bonchev–Trinajstić information content (AvgIpc) is 3.18. The number of ether oxygens (including phenoxy) is 3. The van der Waals surface area contributed by atoms with Crippen LogP contribution in [0.2, 0.25) is 0 Å². The molecule has 0 saturated carbocycles. The van der Waals surface area contributed by atoms with E-state index in [1.807, 2.05) is 26.0 Å². The minimum absolute atomic E-state index is 0. The Kier molecular flexibility index (Phi) is 11.4. The Morgan fingerprint density at radius 2 is 1.76 bits per heavy atom. The van der Waals surface area contributed by atoms with Gasteiger partial charge in [-0.3, -0.25) is 4.79 Å². The van der Waals surface area contributed by atoms with Crippen molar-refractivity contribution in [3.8, 4) is 17.2 Å². The molecule has 0 saturated heterocycles. The van der Waals surface area contributed by atoms with Gasteiger partial charge >= 0.3 is 0 Å². The van der Waals surface area contributed by atoms with Gasteiger partial charge in [0.1, 0.15) is 5.82 Å². The van der Waals surface area contributed by atoms with Gasteiger partial charge in [-0.25, -0.2) is 9.97 Å². The Morgan fingerprint density at radius 1 is 1.09 bits per heavy atom. The van der Waals surface area contributed by atoms with Crippen LogP contribution in [0, 0.1) is 6.92 Å². The first kappa shape index (κ1) is 28.5. The van der Waals surface area contributed by atoms with Crippen molar-refractivity contribution >= 4 is 42.4 Å². The number of halogens is 2. The number of aryl methyl sites for hydroxylation is 1. The quantitative estimate of drug-likeness (QED) is 0.273. The number of imidazole rings is 1. The van der Waals surface area contributed by atoms with E-state index in [0.717, 1.165) is 17.0 Å². The summed E-state index contributed by atoms with van der Waals surface area (Å²) in [6.45, 7) is 4.57. The second-order valence-corrected chi connectivity index (χ2v) is 7.67. The number of rotatable bonds is 10. The van der Waals surface area contributed by atoms with Gasteiger partial charge < -0.3 is 29.5 Å². The molecule has 0 fully saturated rings. The maximum Gasteiger partial charge on any atom is 0.257 e. The molecule has 3 aromatic rings. The van der Waals surface area contributed by atoms with E-state index in [4.69, 9.17) is 14.2 Å². The zero-order chi connectivity index (χ0) is 22.4. The molecular weight excluding hydrogens is 489 g/mol. The van der Waals surface area contributed by atoms with Gasteiger partial charge in [0, 0.05) is 24.4 Å². The first-order chi connectivity index (χ1) is 15.0. The molecule has 0 radical (unpaired) electrons. The summed E-state index contributed by atoms with van der Waals surface area (Å²) in [7, 11) is 4.68. The van der Waals surface area contributed by atoms with E-state index in [9.17, 15) is 4.79 Å². The van der Waals surface area contributed by atoms with Crippen molar-refractivity contribution in [3.63, 3.8) is 0 Å². The van der Waals surface area contributed by atoms with Crippen molar-refractivity contribution in [2.45, 2.75) is 31.2 Å². The number of hydrogen-bond acceptors (Lipinski definition) is 8. The van der Waals surface area contributed by atoms with Gasteiger partial charge in [0.15, 0.2) is 16.7 Å². The second-order valence-electron chi connectivity index (χ2n) is 6.70. The number of benzene rings is 1. The van der Waals surface area contributed by atoms with E-state index in [-0.39, 0.29) is 30.4 Å². The number of aromatic amines is 2. The molecule has 0 unspecified atom stereocenters. The molecule has 2 heterocycles. The van der Waals surface area contributed by atoms with E-state index >= 15 is 0 Å². The van der Waals surface area contributed by atoms with Gasteiger partial charge in [-0.15, -0.1) is 24.8 Å². The van der Waals surface area contributed by atoms with E-state index < -0.39 is 0 Å².